The molecule has 22 heavy (non-hydrogen) atoms. The molecule has 0 aliphatic carbocycles. The van der Waals surface area contributed by atoms with E-state index in [2.05, 4.69) is 6.58 Å². The van der Waals surface area contributed by atoms with Gasteiger partial charge in [0.25, 0.3) is 0 Å². The number of allylic oxidation sites excluding steroid dienone is 5. The van der Waals surface area contributed by atoms with Crippen LogP contribution in [-0.2, 0) is 9.59 Å². The highest BCUT2D eigenvalue weighted by molar-refractivity contribution is 5.85. The Balaban J connectivity index is 3.21. The molecular formula is C19H23NO2. The minimum atomic E-state index is -0.139. The number of nitrogens with zero attached hydrogens (tertiary/aromatic N) is 1. The van der Waals surface area contributed by atoms with Crippen LogP contribution in [-0.4, -0.2) is 23.1 Å². The van der Waals surface area contributed by atoms with Crippen molar-refractivity contribution in [1.29, 1.82) is 0 Å². The number of rotatable bonds is 6. The molecule has 1 aromatic carbocycles. The van der Waals surface area contributed by atoms with E-state index >= 15 is 0 Å². The molecule has 0 aliphatic rings. The minimum Gasteiger partial charge on any atom is -0.309 e. The van der Waals surface area contributed by atoms with Gasteiger partial charge in [-0.1, -0.05) is 43.0 Å². The van der Waals surface area contributed by atoms with Crippen LogP contribution in [0.3, 0.4) is 0 Å². The van der Waals surface area contributed by atoms with E-state index in [1.54, 1.807) is 6.08 Å². The summed E-state index contributed by atoms with van der Waals surface area (Å²) in [5.74, 6) is -0.182. The lowest BCUT2D eigenvalue weighted by Gasteiger charge is -2.22. The maximum Gasteiger partial charge on any atom is 0.224 e. The Morgan fingerprint density at radius 1 is 1.09 bits per heavy atom. The molecule has 3 heteroatoms. The summed E-state index contributed by atoms with van der Waals surface area (Å²) < 4.78 is 0. The zero-order chi connectivity index (χ0) is 16.7. The van der Waals surface area contributed by atoms with E-state index in [1.165, 1.54) is 18.7 Å². The van der Waals surface area contributed by atoms with Crippen LogP contribution in [0.15, 0.2) is 60.3 Å². The summed E-state index contributed by atoms with van der Waals surface area (Å²) >= 11 is 0. The number of Topliss-reactive ketones (excluding diaryl/α,β-unsaturated/α-hetero) is 1. The van der Waals surface area contributed by atoms with Crippen molar-refractivity contribution in [2.24, 2.45) is 0 Å². The standard InChI is InChI=1S/C19H23NO2/c1-6-18(19-10-8-7-9-11-19)12-14(2)16(4)20(17(5)22)13-15(3)21/h6-12H,1,13H2,2-5H3/b16-14+,18-12+. The molecule has 1 rings (SSSR count). The zero-order valence-corrected chi connectivity index (χ0v) is 13.7. The first kappa shape index (κ1) is 17.6. The van der Waals surface area contributed by atoms with Crippen LogP contribution in [0.4, 0.5) is 0 Å². The molecule has 0 spiro atoms. The van der Waals surface area contributed by atoms with Gasteiger partial charge in [0.1, 0.15) is 5.78 Å². The Hall–Kier alpha value is -2.42. The average molecular weight is 297 g/mol. The Kier molecular flexibility index (Phi) is 6.51. The fourth-order valence-corrected chi connectivity index (χ4v) is 2.13. The Morgan fingerprint density at radius 2 is 1.68 bits per heavy atom. The molecule has 1 amide bonds. The van der Waals surface area contributed by atoms with Crippen LogP contribution in [0.25, 0.3) is 5.57 Å². The molecule has 0 aromatic heterocycles. The number of carbonyl (C=O) groups is 2. The lowest BCUT2D eigenvalue weighted by molar-refractivity contribution is -0.131. The number of carbonyl (C=O) groups excluding carboxylic acids is 2. The van der Waals surface area contributed by atoms with E-state index in [-0.39, 0.29) is 18.2 Å². The van der Waals surface area contributed by atoms with Gasteiger partial charge in [0.15, 0.2) is 0 Å². The van der Waals surface area contributed by atoms with Crippen LogP contribution >= 0.6 is 0 Å². The first-order chi connectivity index (χ1) is 10.4. The van der Waals surface area contributed by atoms with Gasteiger partial charge in [-0.3, -0.25) is 9.59 Å². The maximum absolute atomic E-state index is 11.7. The molecule has 0 heterocycles. The van der Waals surface area contributed by atoms with Crippen LogP contribution in [0, 0.1) is 0 Å². The van der Waals surface area contributed by atoms with Crippen LogP contribution in [0.5, 0.6) is 0 Å². The van der Waals surface area contributed by atoms with Crippen molar-refractivity contribution in [3.05, 3.63) is 65.9 Å². The molecule has 0 atom stereocenters. The van der Waals surface area contributed by atoms with Crippen molar-refractivity contribution in [3.63, 3.8) is 0 Å². The summed E-state index contributed by atoms with van der Waals surface area (Å²) in [5, 5.41) is 0. The normalized spacial score (nSPS) is 12.5. The second-order valence-corrected chi connectivity index (χ2v) is 5.25. The van der Waals surface area contributed by atoms with Crippen LogP contribution in [0.1, 0.15) is 33.3 Å². The predicted octanol–water partition coefficient (Wildman–Crippen LogP) is 3.99. The highest BCUT2D eigenvalue weighted by Crippen LogP contribution is 2.20. The van der Waals surface area contributed by atoms with E-state index < -0.39 is 0 Å². The molecule has 0 N–H and O–H groups in total. The second kappa shape index (κ2) is 8.13. The number of hydrogen-bond donors (Lipinski definition) is 0. The first-order valence-electron chi connectivity index (χ1n) is 7.21. The first-order valence-corrected chi connectivity index (χ1v) is 7.21. The quantitative estimate of drug-likeness (QED) is 0.745. The lowest BCUT2D eigenvalue weighted by Crippen LogP contribution is -2.32. The molecular weight excluding hydrogens is 274 g/mol. The van der Waals surface area contributed by atoms with Crippen molar-refractivity contribution in [2.45, 2.75) is 27.7 Å². The van der Waals surface area contributed by atoms with Gasteiger partial charge >= 0.3 is 0 Å². The molecule has 1 aromatic rings. The number of benzene rings is 1. The summed E-state index contributed by atoms with van der Waals surface area (Å²) in [7, 11) is 0. The third-order valence-corrected chi connectivity index (χ3v) is 3.44. The summed E-state index contributed by atoms with van der Waals surface area (Å²) in [4.78, 5) is 24.6. The van der Waals surface area contributed by atoms with Gasteiger partial charge in [-0.15, -0.1) is 0 Å². The van der Waals surface area contributed by atoms with Gasteiger partial charge < -0.3 is 4.90 Å². The van der Waals surface area contributed by atoms with Gasteiger partial charge in [-0.2, -0.15) is 0 Å². The van der Waals surface area contributed by atoms with Crippen molar-refractivity contribution >= 4 is 17.3 Å². The summed E-state index contributed by atoms with van der Waals surface area (Å²) in [6, 6.07) is 9.91. The average Bonchev–Trinajstić information content (AvgIpc) is 2.49. The molecule has 0 aliphatic heterocycles. The second-order valence-electron chi connectivity index (χ2n) is 5.25. The summed E-state index contributed by atoms with van der Waals surface area (Å²) in [5.41, 5.74) is 3.74. The highest BCUT2D eigenvalue weighted by atomic mass is 16.2. The summed E-state index contributed by atoms with van der Waals surface area (Å²) in [6.07, 6.45) is 3.77. The van der Waals surface area contributed by atoms with Gasteiger partial charge in [-0.05, 0) is 43.6 Å². The molecule has 0 saturated carbocycles. The number of ketones is 1. The predicted molar refractivity (Wildman–Crippen MR) is 91.1 cm³/mol. The highest BCUT2D eigenvalue weighted by Gasteiger charge is 2.14. The maximum atomic E-state index is 11.7. The van der Waals surface area contributed by atoms with Gasteiger partial charge in [0.2, 0.25) is 5.91 Å². The van der Waals surface area contributed by atoms with Crippen LogP contribution < -0.4 is 0 Å². The smallest absolute Gasteiger partial charge is 0.224 e. The molecule has 0 unspecified atom stereocenters. The third-order valence-electron chi connectivity index (χ3n) is 3.44. The van der Waals surface area contributed by atoms with Gasteiger partial charge in [0.05, 0.1) is 6.54 Å². The number of amides is 1. The topological polar surface area (TPSA) is 37.4 Å². The van der Waals surface area contributed by atoms with E-state index in [4.69, 9.17) is 0 Å². The lowest BCUT2D eigenvalue weighted by atomic mass is 10.0. The van der Waals surface area contributed by atoms with Gasteiger partial charge in [-0.25, -0.2) is 0 Å². The Labute approximate surface area is 132 Å². The monoisotopic (exact) mass is 297 g/mol. The minimum absolute atomic E-state index is 0.0432. The number of hydrogen-bond acceptors (Lipinski definition) is 2. The Bertz CT molecular complexity index is 624. The van der Waals surface area contributed by atoms with E-state index in [9.17, 15) is 9.59 Å². The fourth-order valence-electron chi connectivity index (χ4n) is 2.13. The van der Waals surface area contributed by atoms with Crippen molar-refractivity contribution < 1.29 is 9.59 Å². The Morgan fingerprint density at radius 3 is 2.14 bits per heavy atom. The van der Waals surface area contributed by atoms with Gasteiger partial charge in [0, 0.05) is 12.6 Å². The molecule has 0 radical (unpaired) electrons. The molecule has 0 fully saturated rings. The fraction of sp³-hybridized carbons (Fsp3) is 0.263. The molecule has 0 bridgehead atoms. The van der Waals surface area contributed by atoms with Crippen LogP contribution in [0.2, 0.25) is 0 Å². The van der Waals surface area contributed by atoms with Crippen molar-refractivity contribution in [1.82, 2.24) is 4.90 Å². The largest absolute Gasteiger partial charge is 0.309 e. The van der Waals surface area contributed by atoms with E-state index in [1.807, 2.05) is 50.3 Å². The van der Waals surface area contributed by atoms with E-state index in [0.717, 1.165) is 22.4 Å². The SMILES string of the molecule is C=C/C(=C\C(C)=C(/C)N(CC(C)=O)C(C)=O)c1ccccc1. The third kappa shape index (κ3) is 4.85. The van der Waals surface area contributed by atoms with Crippen molar-refractivity contribution in [2.75, 3.05) is 6.54 Å². The van der Waals surface area contributed by atoms with Crippen molar-refractivity contribution in [3.8, 4) is 0 Å². The summed E-state index contributed by atoms with van der Waals surface area (Å²) in [6.45, 7) is 10.7. The molecule has 116 valence electrons. The molecule has 3 nitrogen and oxygen atoms in total. The van der Waals surface area contributed by atoms with E-state index in [0.29, 0.717) is 0 Å². The zero-order valence-electron chi connectivity index (χ0n) is 13.7. The molecule has 0 saturated heterocycles.